The standard InChI is InChI=1S/C24H26ClN5O2.ClH/c1-31-18-8-11-30(12-9-18)24-19-5-3-17(15-26)13-20(19)23(28-29-24)27-10-7-16-4-6-22(32-2)21(25)14-16;/h3-6,13-14,18H,7-12H2,1-2H3,(H,27,28);1H. The van der Waals surface area contributed by atoms with E-state index in [0.29, 0.717) is 34.8 Å². The van der Waals surface area contributed by atoms with E-state index in [1.165, 1.54) is 0 Å². The number of nitrogens with one attached hydrogen (secondary N) is 1. The predicted molar refractivity (Wildman–Crippen MR) is 134 cm³/mol. The average molecular weight is 488 g/mol. The molecule has 174 valence electrons. The van der Waals surface area contributed by atoms with Crippen LogP contribution in [0.1, 0.15) is 24.0 Å². The van der Waals surface area contributed by atoms with Crippen molar-refractivity contribution in [3.63, 3.8) is 0 Å². The molecule has 0 radical (unpaired) electrons. The number of halogens is 2. The van der Waals surface area contributed by atoms with Crippen LogP contribution in [0.5, 0.6) is 5.75 Å². The van der Waals surface area contributed by atoms with Crippen LogP contribution in [0, 0.1) is 11.3 Å². The average Bonchev–Trinajstić information content (AvgIpc) is 2.84. The van der Waals surface area contributed by atoms with Crippen molar-refractivity contribution in [2.75, 3.05) is 44.1 Å². The van der Waals surface area contributed by atoms with Gasteiger partial charge in [-0.25, -0.2) is 0 Å². The van der Waals surface area contributed by atoms with Crippen molar-refractivity contribution in [1.82, 2.24) is 10.2 Å². The number of benzene rings is 2. The van der Waals surface area contributed by atoms with Gasteiger partial charge in [0.25, 0.3) is 0 Å². The van der Waals surface area contributed by atoms with Crippen LogP contribution < -0.4 is 15.0 Å². The number of aromatic nitrogens is 2. The molecule has 0 spiro atoms. The third-order valence-corrected chi connectivity index (χ3v) is 6.18. The molecule has 2 heterocycles. The van der Waals surface area contributed by atoms with Crippen LogP contribution in [0.2, 0.25) is 5.02 Å². The Morgan fingerprint density at radius 3 is 2.58 bits per heavy atom. The SMILES string of the molecule is COc1ccc(CCNc2nnc(N3CCC(OC)CC3)c3ccc(C#N)cc23)cc1Cl.Cl. The van der Waals surface area contributed by atoms with Crippen molar-refractivity contribution >= 4 is 46.4 Å². The molecule has 33 heavy (non-hydrogen) atoms. The maximum atomic E-state index is 9.40. The fraction of sp³-hybridized carbons (Fsp3) is 0.375. The Morgan fingerprint density at radius 2 is 1.91 bits per heavy atom. The smallest absolute Gasteiger partial charge is 0.159 e. The third-order valence-electron chi connectivity index (χ3n) is 5.89. The van der Waals surface area contributed by atoms with Gasteiger partial charge >= 0.3 is 0 Å². The second kappa shape index (κ2) is 11.4. The van der Waals surface area contributed by atoms with Gasteiger partial charge in [0.2, 0.25) is 0 Å². The maximum Gasteiger partial charge on any atom is 0.159 e. The van der Waals surface area contributed by atoms with Crippen LogP contribution in [0.3, 0.4) is 0 Å². The summed E-state index contributed by atoms with van der Waals surface area (Å²) >= 11 is 6.24. The van der Waals surface area contributed by atoms with Gasteiger partial charge in [-0.1, -0.05) is 17.7 Å². The van der Waals surface area contributed by atoms with Gasteiger partial charge in [0, 0.05) is 37.5 Å². The topological polar surface area (TPSA) is 83.3 Å². The van der Waals surface area contributed by atoms with E-state index in [-0.39, 0.29) is 12.4 Å². The lowest BCUT2D eigenvalue weighted by atomic mass is 10.1. The fourth-order valence-corrected chi connectivity index (χ4v) is 4.35. The molecule has 0 bridgehead atoms. The molecule has 1 saturated heterocycles. The van der Waals surface area contributed by atoms with E-state index >= 15 is 0 Å². The fourth-order valence-electron chi connectivity index (χ4n) is 4.07. The highest BCUT2D eigenvalue weighted by molar-refractivity contribution is 6.32. The van der Waals surface area contributed by atoms with E-state index in [2.05, 4.69) is 26.5 Å². The van der Waals surface area contributed by atoms with Crippen molar-refractivity contribution in [2.24, 2.45) is 0 Å². The summed E-state index contributed by atoms with van der Waals surface area (Å²) in [6.45, 7) is 2.39. The van der Waals surface area contributed by atoms with Gasteiger partial charge in [-0.05, 0) is 55.2 Å². The minimum absolute atomic E-state index is 0. The van der Waals surface area contributed by atoms with Crippen LogP contribution in [-0.4, -0.2) is 50.2 Å². The first-order valence-electron chi connectivity index (χ1n) is 10.7. The number of nitrogens with zero attached hydrogens (tertiary/aromatic N) is 4. The highest BCUT2D eigenvalue weighted by Gasteiger charge is 2.22. The number of nitriles is 1. The summed E-state index contributed by atoms with van der Waals surface area (Å²) < 4.78 is 10.7. The first-order valence-corrected chi connectivity index (χ1v) is 11.0. The molecule has 0 saturated carbocycles. The Hall–Kier alpha value is -2.79. The summed E-state index contributed by atoms with van der Waals surface area (Å²) in [5.74, 6) is 2.19. The molecule has 2 aromatic carbocycles. The van der Waals surface area contributed by atoms with Crippen molar-refractivity contribution in [3.05, 3.63) is 52.5 Å². The van der Waals surface area contributed by atoms with Crippen LogP contribution in [0.25, 0.3) is 10.8 Å². The molecule has 1 N–H and O–H groups in total. The van der Waals surface area contributed by atoms with Crippen molar-refractivity contribution in [3.8, 4) is 11.8 Å². The third kappa shape index (κ3) is 5.59. The Labute approximate surface area is 205 Å². The number of hydrogen-bond donors (Lipinski definition) is 1. The predicted octanol–water partition coefficient (Wildman–Crippen LogP) is 4.86. The minimum atomic E-state index is 0. The van der Waals surface area contributed by atoms with Crippen LogP contribution >= 0.6 is 24.0 Å². The number of fused-ring (bicyclic) bond motifs is 1. The van der Waals surface area contributed by atoms with E-state index in [1.807, 2.05) is 36.4 Å². The zero-order chi connectivity index (χ0) is 22.5. The molecule has 7 nitrogen and oxygen atoms in total. The summed E-state index contributed by atoms with van der Waals surface area (Å²) in [5, 5.41) is 24.3. The Bertz CT molecular complexity index is 1140. The molecular weight excluding hydrogens is 461 g/mol. The lowest BCUT2D eigenvalue weighted by Crippen LogP contribution is -2.37. The monoisotopic (exact) mass is 487 g/mol. The molecule has 3 aromatic rings. The highest BCUT2D eigenvalue weighted by Crippen LogP contribution is 2.31. The molecule has 0 amide bonds. The quantitative estimate of drug-likeness (QED) is 0.509. The number of ether oxygens (including phenoxy) is 2. The number of anilines is 2. The lowest BCUT2D eigenvalue weighted by Gasteiger charge is -2.32. The molecule has 1 fully saturated rings. The summed E-state index contributed by atoms with van der Waals surface area (Å²) in [4.78, 5) is 2.25. The van der Waals surface area contributed by atoms with E-state index in [9.17, 15) is 5.26 Å². The first-order chi connectivity index (χ1) is 15.6. The number of piperidine rings is 1. The van der Waals surface area contributed by atoms with Crippen LogP contribution in [0.15, 0.2) is 36.4 Å². The van der Waals surface area contributed by atoms with E-state index < -0.39 is 0 Å². The molecule has 1 aromatic heterocycles. The molecular formula is C24H27Cl2N5O2. The summed E-state index contributed by atoms with van der Waals surface area (Å²) in [6.07, 6.45) is 2.97. The molecule has 0 atom stereocenters. The van der Waals surface area contributed by atoms with Gasteiger partial charge in [-0.2, -0.15) is 5.26 Å². The van der Waals surface area contributed by atoms with Gasteiger partial charge in [-0.15, -0.1) is 22.6 Å². The summed E-state index contributed by atoms with van der Waals surface area (Å²) in [7, 11) is 3.37. The second-order valence-corrected chi connectivity index (χ2v) is 8.22. The first kappa shape index (κ1) is 24.8. The highest BCUT2D eigenvalue weighted by atomic mass is 35.5. The van der Waals surface area contributed by atoms with Crippen molar-refractivity contribution < 1.29 is 9.47 Å². The van der Waals surface area contributed by atoms with E-state index in [0.717, 1.165) is 54.5 Å². The molecule has 4 rings (SSSR count). The van der Waals surface area contributed by atoms with Crippen LogP contribution in [-0.2, 0) is 11.2 Å². The van der Waals surface area contributed by atoms with Crippen molar-refractivity contribution in [2.45, 2.75) is 25.4 Å². The largest absolute Gasteiger partial charge is 0.495 e. The Balaban J connectivity index is 0.00000306. The number of methoxy groups -OCH3 is 2. The van der Waals surface area contributed by atoms with Gasteiger partial charge in [0.1, 0.15) is 5.75 Å². The van der Waals surface area contributed by atoms with Gasteiger partial charge in [0.05, 0.1) is 29.9 Å². The molecule has 0 aliphatic carbocycles. The maximum absolute atomic E-state index is 9.40. The van der Waals surface area contributed by atoms with Gasteiger partial charge < -0.3 is 19.7 Å². The van der Waals surface area contributed by atoms with E-state index in [4.69, 9.17) is 21.1 Å². The molecule has 1 aliphatic heterocycles. The van der Waals surface area contributed by atoms with Crippen LogP contribution in [0.4, 0.5) is 11.6 Å². The van der Waals surface area contributed by atoms with E-state index in [1.54, 1.807) is 14.2 Å². The number of rotatable bonds is 7. The second-order valence-electron chi connectivity index (χ2n) is 7.81. The van der Waals surface area contributed by atoms with Crippen molar-refractivity contribution in [1.29, 1.82) is 5.26 Å². The normalized spacial score (nSPS) is 13.9. The van der Waals surface area contributed by atoms with Gasteiger partial charge in [0.15, 0.2) is 11.6 Å². The zero-order valence-corrected chi connectivity index (χ0v) is 20.2. The molecule has 1 aliphatic rings. The Morgan fingerprint density at radius 1 is 1.12 bits per heavy atom. The number of hydrogen-bond acceptors (Lipinski definition) is 7. The summed E-state index contributed by atoms with van der Waals surface area (Å²) in [6, 6.07) is 13.7. The lowest BCUT2D eigenvalue weighted by molar-refractivity contribution is 0.0818. The van der Waals surface area contributed by atoms with Gasteiger partial charge in [-0.3, -0.25) is 0 Å². The zero-order valence-electron chi connectivity index (χ0n) is 18.7. The minimum Gasteiger partial charge on any atom is -0.495 e. The molecule has 0 unspecified atom stereocenters. The summed E-state index contributed by atoms with van der Waals surface area (Å²) in [5.41, 5.74) is 1.69. The Kier molecular flexibility index (Phi) is 8.56. The molecule has 9 heteroatoms.